The van der Waals surface area contributed by atoms with Crippen LogP contribution in [-0.4, -0.2) is 49.4 Å². The van der Waals surface area contributed by atoms with E-state index in [-0.39, 0.29) is 17.9 Å². The number of amides is 1. The highest BCUT2D eigenvalue weighted by molar-refractivity contribution is 5.79. The molecular formula is C20H28N4O4. The minimum Gasteiger partial charge on any atom is -0.493 e. The number of carbonyl (C=O) groups is 1. The Morgan fingerprint density at radius 3 is 2.64 bits per heavy atom. The molecule has 2 heterocycles. The molecule has 0 spiro atoms. The molecule has 1 aliphatic heterocycles. The number of nitrogens with one attached hydrogen (secondary N) is 1. The number of ether oxygens (including phenoxy) is 2. The van der Waals surface area contributed by atoms with Crippen LogP contribution in [0, 0.1) is 5.92 Å². The van der Waals surface area contributed by atoms with Gasteiger partial charge in [-0.05, 0) is 44.4 Å². The molecule has 8 nitrogen and oxygen atoms in total. The van der Waals surface area contributed by atoms with Gasteiger partial charge < -0.3 is 24.2 Å². The van der Waals surface area contributed by atoms with E-state index in [1.807, 2.05) is 30.0 Å². The molecular weight excluding hydrogens is 360 g/mol. The topological polar surface area (TPSA) is 89.7 Å². The summed E-state index contributed by atoms with van der Waals surface area (Å²) in [6, 6.07) is 6.18. The molecule has 1 amide bonds. The number of piperidine rings is 1. The predicted molar refractivity (Wildman–Crippen MR) is 106 cm³/mol. The third-order valence-corrected chi connectivity index (χ3v) is 5.19. The highest BCUT2D eigenvalue weighted by atomic mass is 16.5. The van der Waals surface area contributed by atoms with Gasteiger partial charge >= 0.3 is 6.01 Å². The van der Waals surface area contributed by atoms with Crippen molar-refractivity contribution >= 4 is 11.9 Å². The number of nitrogens with zero attached hydrogens (tertiary/aromatic N) is 3. The zero-order valence-electron chi connectivity index (χ0n) is 16.9. The van der Waals surface area contributed by atoms with E-state index >= 15 is 0 Å². The van der Waals surface area contributed by atoms with Crippen molar-refractivity contribution in [3.8, 4) is 22.9 Å². The Bertz CT molecular complexity index is 799. The second kappa shape index (κ2) is 8.95. The molecule has 1 aromatic carbocycles. The summed E-state index contributed by atoms with van der Waals surface area (Å²) in [5, 5.41) is 7.16. The van der Waals surface area contributed by atoms with Gasteiger partial charge in [-0.1, -0.05) is 12.1 Å². The van der Waals surface area contributed by atoms with Gasteiger partial charge in [0.1, 0.15) is 0 Å². The van der Waals surface area contributed by atoms with Crippen LogP contribution in [0.15, 0.2) is 22.7 Å². The molecule has 0 saturated carbocycles. The quantitative estimate of drug-likeness (QED) is 0.780. The summed E-state index contributed by atoms with van der Waals surface area (Å²) >= 11 is 0. The molecule has 152 valence electrons. The SMILES string of the molecule is CC[C@H](C)NC(=O)C1CCN(c2nc(-c3ccc(OC)c(OC)c3)no2)CC1. The smallest absolute Gasteiger partial charge is 0.324 e. The first kappa shape index (κ1) is 20.0. The van der Waals surface area contributed by atoms with Crippen LogP contribution in [0.3, 0.4) is 0 Å². The zero-order valence-corrected chi connectivity index (χ0v) is 16.9. The largest absolute Gasteiger partial charge is 0.493 e. The molecule has 1 aromatic heterocycles. The minimum atomic E-state index is 0.0403. The van der Waals surface area contributed by atoms with Crippen LogP contribution in [0.4, 0.5) is 6.01 Å². The van der Waals surface area contributed by atoms with E-state index in [0.29, 0.717) is 36.4 Å². The lowest BCUT2D eigenvalue weighted by Crippen LogP contribution is -2.43. The van der Waals surface area contributed by atoms with Gasteiger partial charge in [0.25, 0.3) is 0 Å². The lowest BCUT2D eigenvalue weighted by atomic mass is 9.96. The van der Waals surface area contributed by atoms with Crippen molar-refractivity contribution in [3.05, 3.63) is 18.2 Å². The highest BCUT2D eigenvalue weighted by Gasteiger charge is 2.28. The Balaban J connectivity index is 1.63. The summed E-state index contributed by atoms with van der Waals surface area (Å²) in [4.78, 5) is 18.9. The Kier molecular flexibility index (Phi) is 6.38. The average molecular weight is 388 g/mol. The standard InChI is InChI=1S/C20H28N4O4/c1-5-13(2)21-19(25)14-8-10-24(11-9-14)20-22-18(23-28-20)15-6-7-16(26-3)17(12-15)27-4/h6-7,12-14H,5,8-11H2,1-4H3,(H,21,25)/t13-/m0/s1. The number of methoxy groups -OCH3 is 2. The summed E-state index contributed by atoms with van der Waals surface area (Å²) in [5.41, 5.74) is 0.787. The number of aromatic nitrogens is 2. The van der Waals surface area contributed by atoms with Crippen LogP contribution in [0.5, 0.6) is 11.5 Å². The maximum atomic E-state index is 12.3. The van der Waals surface area contributed by atoms with E-state index in [0.717, 1.165) is 24.8 Å². The third kappa shape index (κ3) is 4.37. The number of hydrogen-bond donors (Lipinski definition) is 1. The molecule has 0 aliphatic carbocycles. The van der Waals surface area contributed by atoms with E-state index < -0.39 is 0 Å². The minimum absolute atomic E-state index is 0.0403. The summed E-state index contributed by atoms with van der Waals surface area (Å²) in [6.07, 6.45) is 2.48. The van der Waals surface area contributed by atoms with Gasteiger partial charge in [0.15, 0.2) is 11.5 Å². The van der Waals surface area contributed by atoms with Crippen molar-refractivity contribution in [1.29, 1.82) is 0 Å². The number of anilines is 1. The second-order valence-corrected chi connectivity index (χ2v) is 7.05. The summed E-state index contributed by atoms with van der Waals surface area (Å²) < 4.78 is 16.0. The molecule has 0 unspecified atom stereocenters. The van der Waals surface area contributed by atoms with Crippen molar-refractivity contribution < 1.29 is 18.8 Å². The fourth-order valence-corrected chi connectivity index (χ4v) is 3.23. The van der Waals surface area contributed by atoms with Crippen molar-refractivity contribution in [2.75, 3.05) is 32.2 Å². The monoisotopic (exact) mass is 388 g/mol. The molecule has 1 N–H and O–H groups in total. The van der Waals surface area contributed by atoms with Gasteiger partial charge in [-0.2, -0.15) is 4.98 Å². The summed E-state index contributed by atoms with van der Waals surface area (Å²) in [5.74, 6) is 1.93. The first-order chi connectivity index (χ1) is 13.5. The second-order valence-electron chi connectivity index (χ2n) is 7.05. The Morgan fingerprint density at radius 2 is 2.00 bits per heavy atom. The molecule has 1 saturated heterocycles. The van der Waals surface area contributed by atoms with Gasteiger partial charge in [-0.15, -0.1) is 0 Å². The Labute approximate surface area is 165 Å². The van der Waals surface area contributed by atoms with Crippen LogP contribution < -0.4 is 19.7 Å². The van der Waals surface area contributed by atoms with Crippen LogP contribution in [0.2, 0.25) is 0 Å². The van der Waals surface area contributed by atoms with Crippen molar-refractivity contribution in [1.82, 2.24) is 15.5 Å². The number of rotatable bonds is 7. The molecule has 1 aliphatic rings. The van der Waals surface area contributed by atoms with E-state index in [1.54, 1.807) is 14.2 Å². The lowest BCUT2D eigenvalue weighted by molar-refractivity contribution is -0.126. The van der Waals surface area contributed by atoms with E-state index in [2.05, 4.69) is 22.4 Å². The molecule has 0 bridgehead atoms. The first-order valence-electron chi connectivity index (χ1n) is 9.67. The maximum Gasteiger partial charge on any atom is 0.324 e. The Hall–Kier alpha value is -2.77. The van der Waals surface area contributed by atoms with Gasteiger partial charge in [0.2, 0.25) is 11.7 Å². The van der Waals surface area contributed by atoms with E-state index in [1.165, 1.54) is 0 Å². The summed E-state index contributed by atoms with van der Waals surface area (Å²) in [6.45, 7) is 5.53. The van der Waals surface area contributed by atoms with Crippen molar-refractivity contribution in [2.45, 2.75) is 39.2 Å². The van der Waals surface area contributed by atoms with Crippen LogP contribution in [0.1, 0.15) is 33.1 Å². The van der Waals surface area contributed by atoms with E-state index in [9.17, 15) is 4.79 Å². The molecule has 3 rings (SSSR count). The number of hydrogen-bond acceptors (Lipinski definition) is 7. The zero-order chi connectivity index (χ0) is 20.1. The fourth-order valence-electron chi connectivity index (χ4n) is 3.23. The van der Waals surface area contributed by atoms with Crippen molar-refractivity contribution in [2.24, 2.45) is 5.92 Å². The average Bonchev–Trinajstić information content (AvgIpc) is 3.23. The van der Waals surface area contributed by atoms with Gasteiger partial charge in [0, 0.05) is 30.6 Å². The molecule has 28 heavy (non-hydrogen) atoms. The van der Waals surface area contributed by atoms with Crippen LogP contribution in [0.25, 0.3) is 11.4 Å². The molecule has 8 heteroatoms. The molecule has 2 aromatic rings. The van der Waals surface area contributed by atoms with E-state index in [4.69, 9.17) is 14.0 Å². The van der Waals surface area contributed by atoms with Gasteiger partial charge in [0.05, 0.1) is 14.2 Å². The number of carbonyl (C=O) groups excluding carboxylic acids is 1. The maximum absolute atomic E-state index is 12.3. The summed E-state index contributed by atoms with van der Waals surface area (Å²) in [7, 11) is 3.18. The molecule has 1 atom stereocenters. The lowest BCUT2D eigenvalue weighted by Gasteiger charge is -2.30. The Morgan fingerprint density at radius 1 is 1.29 bits per heavy atom. The highest BCUT2D eigenvalue weighted by Crippen LogP contribution is 2.32. The van der Waals surface area contributed by atoms with Crippen LogP contribution >= 0.6 is 0 Å². The third-order valence-electron chi connectivity index (χ3n) is 5.19. The fraction of sp³-hybridized carbons (Fsp3) is 0.550. The number of benzene rings is 1. The van der Waals surface area contributed by atoms with Gasteiger partial charge in [-0.3, -0.25) is 4.79 Å². The van der Waals surface area contributed by atoms with Gasteiger partial charge in [-0.25, -0.2) is 0 Å². The van der Waals surface area contributed by atoms with Crippen molar-refractivity contribution in [3.63, 3.8) is 0 Å². The van der Waals surface area contributed by atoms with Crippen LogP contribution in [-0.2, 0) is 4.79 Å². The molecule has 0 radical (unpaired) electrons. The molecule has 1 fully saturated rings. The predicted octanol–water partition coefficient (Wildman–Crippen LogP) is 2.88. The first-order valence-corrected chi connectivity index (χ1v) is 9.67. The normalized spacial score (nSPS) is 15.9.